The van der Waals surface area contributed by atoms with Gasteiger partial charge in [0.2, 0.25) is 0 Å². The molecule has 0 aromatic carbocycles. The van der Waals surface area contributed by atoms with Gasteiger partial charge in [-0.1, -0.05) is 0 Å². The molecule has 1 fully saturated rings. The lowest BCUT2D eigenvalue weighted by Gasteiger charge is -2.26. The number of carbonyl (C=O) groups is 1. The topological polar surface area (TPSA) is 169 Å². The van der Waals surface area contributed by atoms with Gasteiger partial charge in [0, 0.05) is 13.0 Å². The number of esters is 1. The molecule has 5 atom stereocenters. The second-order valence-corrected chi connectivity index (χ2v) is 7.26. The molecule has 3 heterocycles. The van der Waals surface area contributed by atoms with Gasteiger partial charge in [-0.25, -0.2) is 15.0 Å². The molecular weight excluding hydrogens is 396 g/mol. The van der Waals surface area contributed by atoms with E-state index in [4.69, 9.17) is 15.2 Å². The number of nitrogen functional groups attached to an aromatic ring is 1. The molecule has 0 aliphatic carbocycles. The van der Waals surface area contributed by atoms with Gasteiger partial charge in [0.1, 0.15) is 30.6 Å². The molecule has 0 radical (unpaired) electrons. The van der Waals surface area contributed by atoms with Gasteiger partial charge in [0.05, 0.1) is 19.1 Å². The standard InChI is InChI=1S/C18H28N6O6/c1-4-29-12(26)5-6-23(3)11(25)7-10-14(27)15(28)18(30-10)24-9(2)22-13-16(19)20-8-21-17(13)24/h8,10-11,14-15,18,25,27-28H,4-7H2,1-3H3,(H2,19,20,21)/t10?,11?,14-,15-,18-/m1/s1. The van der Waals surface area contributed by atoms with Gasteiger partial charge in [0.25, 0.3) is 0 Å². The van der Waals surface area contributed by atoms with E-state index in [1.807, 2.05) is 0 Å². The molecule has 12 nitrogen and oxygen atoms in total. The molecule has 2 aromatic rings. The Bertz CT molecular complexity index is 891. The Morgan fingerprint density at radius 3 is 2.83 bits per heavy atom. The quantitative estimate of drug-likeness (QED) is 0.301. The summed E-state index contributed by atoms with van der Waals surface area (Å²) in [6.07, 6.45) is -3.87. The van der Waals surface area contributed by atoms with Crippen LogP contribution >= 0.6 is 0 Å². The molecule has 2 aromatic heterocycles. The predicted octanol–water partition coefficient (Wildman–Crippen LogP) is -1.07. The van der Waals surface area contributed by atoms with Crippen molar-refractivity contribution >= 4 is 23.0 Å². The molecule has 0 bridgehead atoms. The molecule has 1 aliphatic heterocycles. The SMILES string of the molecule is CCOC(=O)CCN(C)C(O)CC1O[C@@H](n2c(C)nc3c(N)ncnc32)[C@H](O)[C@@H]1O. The fraction of sp³-hybridized carbons (Fsp3) is 0.667. The zero-order valence-electron chi connectivity index (χ0n) is 17.2. The van der Waals surface area contributed by atoms with Crippen LogP contribution < -0.4 is 5.73 Å². The lowest BCUT2D eigenvalue weighted by atomic mass is 10.1. The third-order valence-corrected chi connectivity index (χ3v) is 5.20. The first kappa shape index (κ1) is 22.3. The predicted molar refractivity (Wildman–Crippen MR) is 105 cm³/mol. The molecule has 12 heteroatoms. The molecule has 0 spiro atoms. The molecule has 3 rings (SSSR count). The van der Waals surface area contributed by atoms with E-state index in [0.29, 0.717) is 23.6 Å². The molecule has 1 saturated heterocycles. The van der Waals surface area contributed by atoms with Crippen molar-refractivity contribution in [2.45, 2.75) is 57.5 Å². The minimum Gasteiger partial charge on any atom is -0.466 e. The van der Waals surface area contributed by atoms with Gasteiger partial charge in [-0.15, -0.1) is 0 Å². The summed E-state index contributed by atoms with van der Waals surface area (Å²) in [6, 6.07) is 0. The van der Waals surface area contributed by atoms with Crippen LogP contribution in [0.4, 0.5) is 5.82 Å². The van der Waals surface area contributed by atoms with Gasteiger partial charge in [-0.3, -0.25) is 14.3 Å². The summed E-state index contributed by atoms with van der Waals surface area (Å²) in [5, 5.41) is 31.5. The maximum absolute atomic E-state index is 11.5. The lowest BCUT2D eigenvalue weighted by molar-refractivity contribution is -0.144. The van der Waals surface area contributed by atoms with Crippen molar-refractivity contribution in [1.29, 1.82) is 0 Å². The largest absolute Gasteiger partial charge is 0.466 e. The Kier molecular flexibility index (Phi) is 6.83. The fourth-order valence-electron chi connectivity index (χ4n) is 3.51. The van der Waals surface area contributed by atoms with Crippen LogP contribution in [0.15, 0.2) is 6.33 Å². The lowest BCUT2D eigenvalue weighted by Crippen LogP contribution is -2.39. The Hall–Kier alpha value is -2.38. The molecule has 0 saturated carbocycles. The number of imidazole rings is 1. The smallest absolute Gasteiger partial charge is 0.307 e. The maximum Gasteiger partial charge on any atom is 0.307 e. The van der Waals surface area contributed by atoms with Crippen LogP contribution in [0.1, 0.15) is 31.8 Å². The van der Waals surface area contributed by atoms with E-state index in [0.717, 1.165) is 0 Å². The zero-order valence-corrected chi connectivity index (χ0v) is 17.2. The van der Waals surface area contributed by atoms with Gasteiger partial charge >= 0.3 is 5.97 Å². The number of hydrogen-bond donors (Lipinski definition) is 4. The summed E-state index contributed by atoms with van der Waals surface area (Å²) < 4.78 is 12.3. The fourth-order valence-corrected chi connectivity index (χ4v) is 3.51. The third-order valence-electron chi connectivity index (χ3n) is 5.20. The molecule has 0 amide bonds. The van der Waals surface area contributed by atoms with E-state index in [-0.39, 0.29) is 31.2 Å². The number of hydrogen-bond acceptors (Lipinski definition) is 11. The second-order valence-electron chi connectivity index (χ2n) is 7.26. The first-order valence-corrected chi connectivity index (χ1v) is 9.75. The highest BCUT2D eigenvalue weighted by Gasteiger charge is 2.45. The average molecular weight is 424 g/mol. The van der Waals surface area contributed by atoms with Crippen LogP contribution in [-0.4, -0.2) is 90.4 Å². The van der Waals surface area contributed by atoms with E-state index < -0.39 is 30.8 Å². The van der Waals surface area contributed by atoms with Gasteiger partial charge in [-0.2, -0.15) is 0 Å². The Labute approximate surface area is 173 Å². The van der Waals surface area contributed by atoms with E-state index >= 15 is 0 Å². The van der Waals surface area contributed by atoms with Crippen molar-refractivity contribution in [1.82, 2.24) is 24.4 Å². The summed E-state index contributed by atoms with van der Waals surface area (Å²) >= 11 is 0. The number of aromatic nitrogens is 4. The number of ether oxygens (including phenoxy) is 2. The van der Waals surface area contributed by atoms with Crippen molar-refractivity contribution in [3.63, 3.8) is 0 Å². The Morgan fingerprint density at radius 1 is 1.40 bits per heavy atom. The van der Waals surface area contributed by atoms with Crippen molar-refractivity contribution in [3.05, 3.63) is 12.2 Å². The van der Waals surface area contributed by atoms with Crippen molar-refractivity contribution in [2.75, 3.05) is 25.9 Å². The van der Waals surface area contributed by atoms with Gasteiger partial charge < -0.3 is 30.5 Å². The molecule has 2 unspecified atom stereocenters. The molecular formula is C18H28N6O6. The highest BCUT2D eigenvalue weighted by Crippen LogP contribution is 2.35. The number of aliphatic hydroxyl groups is 3. The summed E-state index contributed by atoms with van der Waals surface area (Å²) in [7, 11) is 1.65. The number of nitrogens with two attached hydrogens (primary N) is 1. The molecule has 1 aliphatic rings. The summed E-state index contributed by atoms with van der Waals surface area (Å²) in [6.45, 7) is 4.00. The minimum atomic E-state index is -1.26. The zero-order chi connectivity index (χ0) is 22.0. The van der Waals surface area contributed by atoms with Crippen molar-refractivity contribution in [3.8, 4) is 0 Å². The van der Waals surface area contributed by atoms with E-state index in [1.165, 1.54) is 6.33 Å². The van der Waals surface area contributed by atoms with Crippen LogP contribution in [0.5, 0.6) is 0 Å². The second kappa shape index (κ2) is 9.18. The van der Waals surface area contributed by atoms with Gasteiger partial charge in [-0.05, 0) is 20.9 Å². The van der Waals surface area contributed by atoms with E-state index in [2.05, 4.69) is 15.0 Å². The highest BCUT2D eigenvalue weighted by molar-refractivity contribution is 5.81. The van der Waals surface area contributed by atoms with Crippen LogP contribution in [0.2, 0.25) is 0 Å². The number of aryl methyl sites for hydroxylation is 1. The van der Waals surface area contributed by atoms with Crippen LogP contribution in [-0.2, 0) is 14.3 Å². The van der Waals surface area contributed by atoms with E-state index in [9.17, 15) is 20.1 Å². The number of anilines is 1. The summed E-state index contributed by atoms with van der Waals surface area (Å²) in [5.41, 5.74) is 6.60. The molecule has 5 N–H and O–H groups in total. The van der Waals surface area contributed by atoms with Crippen LogP contribution in [0.25, 0.3) is 11.2 Å². The van der Waals surface area contributed by atoms with E-state index in [1.54, 1.807) is 30.4 Å². The van der Waals surface area contributed by atoms with Crippen molar-refractivity contribution < 1.29 is 29.6 Å². The number of rotatable bonds is 8. The molecule has 166 valence electrons. The number of nitrogens with zero attached hydrogens (tertiary/aromatic N) is 5. The molecule has 30 heavy (non-hydrogen) atoms. The maximum atomic E-state index is 11.5. The number of fused-ring (bicyclic) bond motifs is 1. The summed E-state index contributed by atoms with van der Waals surface area (Å²) in [5.74, 6) is 0.333. The Morgan fingerprint density at radius 2 is 2.13 bits per heavy atom. The highest BCUT2D eigenvalue weighted by atomic mass is 16.6. The average Bonchev–Trinajstić information content (AvgIpc) is 3.18. The van der Waals surface area contributed by atoms with Gasteiger partial charge in [0.15, 0.2) is 23.2 Å². The minimum absolute atomic E-state index is 0.0247. The Balaban J connectivity index is 1.69. The van der Waals surface area contributed by atoms with Crippen molar-refractivity contribution in [2.24, 2.45) is 0 Å². The monoisotopic (exact) mass is 424 g/mol. The first-order chi connectivity index (χ1) is 14.2. The van der Waals surface area contributed by atoms with Crippen LogP contribution in [0.3, 0.4) is 0 Å². The first-order valence-electron chi connectivity index (χ1n) is 9.75. The van der Waals surface area contributed by atoms with Crippen LogP contribution in [0, 0.1) is 6.92 Å². The third kappa shape index (κ3) is 4.37. The summed E-state index contributed by atoms with van der Waals surface area (Å²) in [4.78, 5) is 25.4. The number of aliphatic hydroxyl groups excluding tert-OH is 3. The normalized spacial score (nSPS) is 25.2. The number of carbonyl (C=O) groups excluding carboxylic acids is 1.